The van der Waals surface area contributed by atoms with Crippen LogP contribution in [0.3, 0.4) is 0 Å². The lowest BCUT2D eigenvalue weighted by molar-refractivity contribution is -0.384. The number of hydrogen-bond acceptors (Lipinski definition) is 6. The maximum atomic E-state index is 12.0. The molecule has 0 spiro atoms. The first-order valence-electron chi connectivity index (χ1n) is 6.36. The molecule has 2 aromatic rings. The molecule has 10 heteroatoms. The quantitative estimate of drug-likeness (QED) is 0.476. The Balaban J connectivity index is 0.00000288. The van der Waals surface area contributed by atoms with Crippen molar-refractivity contribution in [2.75, 3.05) is 7.11 Å². The third kappa shape index (κ3) is 4.93. The van der Waals surface area contributed by atoms with Gasteiger partial charge >= 0.3 is 0 Å². The number of benzene rings is 2. The van der Waals surface area contributed by atoms with Gasteiger partial charge in [-0.1, -0.05) is 0 Å². The second-order valence-corrected chi connectivity index (χ2v) is 6.04. The summed E-state index contributed by atoms with van der Waals surface area (Å²) in [6.07, 6.45) is 1.25. The number of ether oxygens (including phenoxy) is 1. The molecule has 0 aliphatic heterocycles. The van der Waals surface area contributed by atoms with Gasteiger partial charge in [-0.2, -0.15) is 13.5 Å². The molecular formula is C14H14ClN3O5S. The van der Waals surface area contributed by atoms with E-state index >= 15 is 0 Å². The molecule has 1 N–H and O–H groups in total. The summed E-state index contributed by atoms with van der Waals surface area (Å²) in [5, 5.41) is 14.2. The third-order valence-electron chi connectivity index (χ3n) is 2.86. The van der Waals surface area contributed by atoms with Crippen molar-refractivity contribution >= 4 is 34.3 Å². The molecule has 0 aliphatic rings. The third-order valence-corrected chi connectivity index (χ3v) is 4.10. The van der Waals surface area contributed by atoms with E-state index < -0.39 is 14.9 Å². The van der Waals surface area contributed by atoms with E-state index in [1.54, 1.807) is 0 Å². The minimum atomic E-state index is -3.79. The van der Waals surface area contributed by atoms with Gasteiger partial charge in [0, 0.05) is 12.1 Å². The van der Waals surface area contributed by atoms with Crippen LogP contribution in [0.1, 0.15) is 5.56 Å². The van der Waals surface area contributed by atoms with Crippen LogP contribution in [0.4, 0.5) is 5.69 Å². The number of nitro groups is 1. The van der Waals surface area contributed by atoms with Crippen LogP contribution in [0, 0.1) is 10.1 Å². The molecule has 0 saturated carbocycles. The van der Waals surface area contributed by atoms with Gasteiger partial charge in [0.25, 0.3) is 15.7 Å². The van der Waals surface area contributed by atoms with Gasteiger partial charge in [-0.05, 0) is 42.0 Å². The van der Waals surface area contributed by atoms with Gasteiger partial charge in [0.05, 0.1) is 23.1 Å². The molecule has 0 fully saturated rings. The molecule has 24 heavy (non-hydrogen) atoms. The minimum Gasteiger partial charge on any atom is -0.497 e. The number of nitrogens with zero attached hydrogens (tertiary/aromatic N) is 2. The van der Waals surface area contributed by atoms with E-state index in [0.717, 1.165) is 0 Å². The fourth-order valence-electron chi connectivity index (χ4n) is 1.66. The zero-order valence-electron chi connectivity index (χ0n) is 12.4. The van der Waals surface area contributed by atoms with E-state index in [4.69, 9.17) is 4.74 Å². The summed E-state index contributed by atoms with van der Waals surface area (Å²) in [6.45, 7) is 0. The Hall–Kier alpha value is -2.65. The first-order chi connectivity index (χ1) is 10.9. The van der Waals surface area contributed by atoms with Gasteiger partial charge in [-0.25, -0.2) is 4.83 Å². The molecule has 8 nitrogen and oxygen atoms in total. The summed E-state index contributed by atoms with van der Waals surface area (Å²) in [6, 6.07) is 11.4. The topological polar surface area (TPSA) is 111 Å². The molecule has 128 valence electrons. The van der Waals surface area contributed by atoms with Crippen LogP contribution < -0.4 is 9.57 Å². The maximum Gasteiger partial charge on any atom is 0.276 e. The number of methoxy groups -OCH3 is 1. The van der Waals surface area contributed by atoms with E-state index in [1.165, 1.54) is 61.9 Å². The Labute approximate surface area is 144 Å². The first kappa shape index (κ1) is 19.4. The second kappa shape index (κ2) is 8.27. The van der Waals surface area contributed by atoms with Gasteiger partial charge in [0.2, 0.25) is 0 Å². The SMILES string of the molecule is COc1ccc(S(=O)(=O)N/N=C/c2ccc([N+](=O)[O-])cc2)cc1.Cl. The Morgan fingerprint density at radius 2 is 1.71 bits per heavy atom. The smallest absolute Gasteiger partial charge is 0.276 e. The van der Waals surface area contributed by atoms with E-state index in [9.17, 15) is 18.5 Å². The number of rotatable bonds is 6. The Morgan fingerprint density at radius 1 is 1.12 bits per heavy atom. The molecule has 0 unspecified atom stereocenters. The van der Waals surface area contributed by atoms with Gasteiger partial charge in [-0.15, -0.1) is 12.4 Å². The molecule has 0 bridgehead atoms. The molecule has 0 atom stereocenters. The monoisotopic (exact) mass is 371 g/mol. The Kier molecular flexibility index (Phi) is 6.69. The lowest BCUT2D eigenvalue weighted by atomic mass is 10.2. The fourth-order valence-corrected chi connectivity index (χ4v) is 2.45. The highest BCUT2D eigenvalue weighted by Crippen LogP contribution is 2.15. The van der Waals surface area contributed by atoms with Gasteiger partial charge < -0.3 is 4.74 Å². The van der Waals surface area contributed by atoms with Crippen molar-refractivity contribution in [3.05, 3.63) is 64.2 Å². The first-order valence-corrected chi connectivity index (χ1v) is 7.84. The van der Waals surface area contributed by atoms with Gasteiger partial charge in [-0.3, -0.25) is 10.1 Å². The lowest BCUT2D eigenvalue weighted by Gasteiger charge is -2.04. The highest BCUT2D eigenvalue weighted by Gasteiger charge is 2.12. The van der Waals surface area contributed by atoms with Crippen LogP contribution >= 0.6 is 12.4 Å². The highest BCUT2D eigenvalue weighted by molar-refractivity contribution is 7.89. The van der Waals surface area contributed by atoms with Crippen molar-refractivity contribution < 1.29 is 18.1 Å². The zero-order chi connectivity index (χ0) is 16.9. The normalized spacial score (nSPS) is 10.9. The number of hydrogen-bond donors (Lipinski definition) is 1. The van der Waals surface area contributed by atoms with Gasteiger partial charge in [0.1, 0.15) is 5.75 Å². The molecule has 0 amide bonds. The lowest BCUT2D eigenvalue weighted by Crippen LogP contribution is -2.18. The fraction of sp³-hybridized carbons (Fsp3) is 0.0714. The van der Waals surface area contributed by atoms with Crippen LogP contribution in [0.5, 0.6) is 5.75 Å². The Morgan fingerprint density at radius 3 is 2.21 bits per heavy atom. The number of nitrogens with one attached hydrogen (secondary N) is 1. The number of non-ortho nitro benzene ring substituents is 1. The summed E-state index contributed by atoms with van der Waals surface area (Å²) in [5.41, 5.74) is 0.467. The van der Waals surface area contributed by atoms with Crippen LogP contribution in [0.2, 0.25) is 0 Å². The highest BCUT2D eigenvalue weighted by atomic mass is 35.5. The van der Waals surface area contributed by atoms with Crippen molar-refractivity contribution in [1.82, 2.24) is 4.83 Å². The predicted octanol–water partition coefficient (Wildman–Crippen LogP) is 2.34. The van der Waals surface area contributed by atoms with Crippen molar-refractivity contribution in [3.8, 4) is 5.75 Å². The average molecular weight is 372 g/mol. The minimum absolute atomic E-state index is 0. The standard InChI is InChI=1S/C14H13N3O5S.ClH/c1-22-13-6-8-14(9-7-13)23(20,21)16-15-10-11-2-4-12(5-3-11)17(18)19;/h2-10,16H,1H3;1H/b15-10+;. The average Bonchev–Trinajstić information content (AvgIpc) is 2.55. The largest absolute Gasteiger partial charge is 0.497 e. The molecular weight excluding hydrogens is 358 g/mol. The van der Waals surface area contributed by atoms with Crippen LogP contribution in [0.25, 0.3) is 0 Å². The number of nitro benzene ring substituents is 1. The maximum absolute atomic E-state index is 12.0. The van der Waals surface area contributed by atoms with Crippen molar-refractivity contribution in [2.45, 2.75) is 4.90 Å². The van der Waals surface area contributed by atoms with E-state index in [0.29, 0.717) is 11.3 Å². The predicted molar refractivity (Wildman–Crippen MR) is 91.3 cm³/mol. The summed E-state index contributed by atoms with van der Waals surface area (Å²) >= 11 is 0. The number of hydrazone groups is 1. The van der Waals surface area contributed by atoms with E-state index in [1.807, 2.05) is 0 Å². The summed E-state index contributed by atoms with van der Waals surface area (Å²) in [5.74, 6) is 0.540. The number of sulfonamides is 1. The summed E-state index contributed by atoms with van der Waals surface area (Å²) in [4.78, 5) is 12.1. The molecule has 0 radical (unpaired) electrons. The van der Waals surface area contributed by atoms with Gasteiger partial charge in [0.15, 0.2) is 0 Å². The van der Waals surface area contributed by atoms with E-state index in [2.05, 4.69) is 9.93 Å². The van der Waals surface area contributed by atoms with E-state index in [-0.39, 0.29) is 23.0 Å². The summed E-state index contributed by atoms with van der Waals surface area (Å²) < 4.78 is 29.0. The summed E-state index contributed by atoms with van der Waals surface area (Å²) in [7, 11) is -2.31. The van der Waals surface area contributed by atoms with Crippen LogP contribution in [-0.2, 0) is 10.0 Å². The molecule has 0 aliphatic carbocycles. The van der Waals surface area contributed by atoms with Crippen LogP contribution in [-0.4, -0.2) is 26.7 Å². The molecule has 0 heterocycles. The zero-order valence-corrected chi connectivity index (χ0v) is 14.1. The Bertz CT molecular complexity index is 820. The van der Waals surface area contributed by atoms with Crippen molar-refractivity contribution in [3.63, 3.8) is 0 Å². The van der Waals surface area contributed by atoms with Crippen molar-refractivity contribution in [2.24, 2.45) is 5.10 Å². The molecule has 0 saturated heterocycles. The molecule has 2 aromatic carbocycles. The molecule has 0 aromatic heterocycles. The number of halogens is 1. The molecule has 2 rings (SSSR count). The second-order valence-electron chi connectivity index (χ2n) is 4.38. The van der Waals surface area contributed by atoms with Crippen molar-refractivity contribution in [1.29, 1.82) is 0 Å². The van der Waals surface area contributed by atoms with Crippen LogP contribution in [0.15, 0.2) is 58.5 Å².